The van der Waals surface area contributed by atoms with Gasteiger partial charge in [0.15, 0.2) is 0 Å². The molecule has 0 fully saturated rings. The monoisotopic (exact) mass is 398 g/mol. The van der Waals surface area contributed by atoms with Crippen LogP contribution in [0.5, 0.6) is 0 Å². The SMILES string of the molecule is CCOC(=O)c1c(NC(=O)Nc2ccccc2)sc(C)c1-c1ccc(F)cc1. The van der Waals surface area contributed by atoms with Gasteiger partial charge >= 0.3 is 12.0 Å². The standard InChI is InChI=1S/C21H19FN2O3S/c1-3-27-20(25)18-17(14-9-11-15(22)12-10-14)13(2)28-19(18)24-21(26)23-16-7-5-4-6-8-16/h4-12H,3H2,1-2H3,(H2,23,24,26). The highest BCUT2D eigenvalue weighted by Crippen LogP contribution is 2.40. The molecule has 0 spiro atoms. The number of thiophene rings is 1. The van der Waals surface area contributed by atoms with Crippen molar-refractivity contribution >= 4 is 34.0 Å². The summed E-state index contributed by atoms with van der Waals surface area (Å²) in [5.74, 6) is -0.906. The zero-order valence-corrected chi connectivity index (χ0v) is 16.2. The minimum absolute atomic E-state index is 0.201. The topological polar surface area (TPSA) is 67.4 Å². The van der Waals surface area contributed by atoms with Gasteiger partial charge in [0.25, 0.3) is 0 Å². The Balaban J connectivity index is 1.96. The molecule has 2 amide bonds. The zero-order chi connectivity index (χ0) is 20.1. The van der Waals surface area contributed by atoms with E-state index >= 15 is 0 Å². The Morgan fingerprint density at radius 2 is 1.71 bits per heavy atom. The van der Waals surface area contributed by atoms with Gasteiger partial charge in [0.2, 0.25) is 0 Å². The van der Waals surface area contributed by atoms with Crippen molar-refractivity contribution in [3.63, 3.8) is 0 Å². The molecule has 0 aliphatic rings. The van der Waals surface area contributed by atoms with Crippen molar-refractivity contribution in [3.8, 4) is 11.1 Å². The molecule has 2 N–H and O–H groups in total. The second-order valence-corrected chi connectivity index (χ2v) is 7.13. The predicted octanol–water partition coefficient (Wildman–Crippen LogP) is 5.68. The van der Waals surface area contributed by atoms with Crippen LogP contribution in [0.4, 0.5) is 19.9 Å². The number of anilines is 2. The third-order valence-corrected chi connectivity index (χ3v) is 4.98. The summed E-state index contributed by atoms with van der Waals surface area (Å²) >= 11 is 1.27. The summed E-state index contributed by atoms with van der Waals surface area (Å²) in [5, 5.41) is 5.83. The molecule has 0 aliphatic heterocycles. The number of ether oxygens (including phenoxy) is 1. The lowest BCUT2D eigenvalue weighted by Gasteiger charge is -2.10. The van der Waals surface area contributed by atoms with Crippen LogP contribution in [0.2, 0.25) is 0 Å². The lowest BCUT2D eigenvalue weighted by molar-refractivity contribution is 0.0529. The minimum atomic E-state index is -0.541. The summed E-state index contributed by atoms with van der Waals surface area (Å²) in [6.45, 7) is 3.75. The molecule has 2 aromatic carbocycles. The highest BCUT2D eigenvalue weighted by molar-refractivity contribution is 7.17. The van der Waals surface area contributed by atoms with Crippen LogP contribution < -0.4 is 10.6 Å². The average Bonchev–Trinajstić information content (AvgIpc) is 2.99. The molecule has 0 aliphatic carbocycles. The van der Waals surface area contributed by atoms with E-state index in [9.17, 15) is 14.0 Å². The van der Waals surface area contributed by atoms with Crippen LogP contribution in [-0.2, 0) is 4.74 Å². The van der Waals surface area contributed by atoms with Gasteiger partial charge in [-0.05, 0) is 43.7 Å². The van der Waals surface area contributed by atoms with Crippen molar-refractivity contribution < 1.29 is 18.7 Å². The lowest BCUT2D eigenvalue weighted by Crippen LogP contribution is -2.20. The van der Waals surface area contributed by atoms with E-state index in [0.717, 1.165) is 4.88 Å². The number of carbonyl (C=O) groups excluding carboxylic acids is 2. The molecule has 0 bridgehead atoms. The minimum Gasteiger partial charge on any atom is -0.462 e. The van der Waals surface area contributed by atoms with Crippen LogP contribution in [-0.4, -0.2) is 18.6 Å². The number of carbonyl (C=O) groups is 2. The molecule has 0 unspecified atom stereocenters. The second kappa shape index (κ2) is 8.67. The highest BCUT2D eigenvalue weighted by atomic mass is 32.1. The molecule has 0 saturated carbocycles. The normalized spacial score (nSPS) is 10.4. The van der Waals surface area contributed by atoms with Gasteiger partial charge in [-0.2, -0.15) is 0 Å². The van der Waals surface area contributed by atoms with Crippen molar-refractivity contribution in [3.05, 3.63) is 70.9 Å². The van der Waals surface area contributed by atoms with E-state index in [2.05, 4.69) is 10.6 Å². The molecule has 3 aromatic rings. The molecular formula is C21H19FN2O3S. The molecule has 0 atom stereocenters. The number of hydrogen-bond acceptors (Lipinski definition) is 4. The van der Waals surface area contributed by atoms with Crippen LogP contribution in [0.1, 0.15) is 22.2 Å². The maximum Gasteiger partial charge on any atom is 0.341 e. The molecular weight excluding hydrogens is 379 g/mol. The summed E-state index contributed by atoms with van der Waals surface area (Å²) in [6.07, 6.45) is 0. The number of urea groups is 1. The lowest BCUT2D eigenvalue weighted by atomic mass is 10.0. The van der Waals surface area contributed by atoms with Gasteiger partial charge in [-0.15, -0.1) is 11.3 Å². The van der Waals surface area contributed by atoms with E-state index in [1.807, 2.05) is 25.1 Å². The number of esters is 1. The van der Waals surface area contributed by atoms with E-state index in [4.69, 9.17) is 4.74 Å². The molecule has 0 radical (unpaired) electrons. The Labute approximate surface area is 166 Å². The van der Waals surface area contributed by atoms with Crippen LogP contribution >= 0.6 is 11.3 Å². The van der Waals surface area contributed by atoms with Gasteiger partial charge in [0.1, 0.15) is 16.4 Å². The third-order valence-electron chi connectivity index (χ3n) is 3.96. The molecule has 5 nitrogen and oxygen atoms in total. The second-order valence-electron chi connectivity index (χ2n) is 5.91. The predicted molar refractivity (Wildman–Crippen MR) is 109 cm³/mol. The Kier molecular flexibility index (Phi) is 6.06. The maximum absolute atomic E-state index is 13.3. The summed E-state index contributed by atoms with van der Waals surface area (Å²) < 4.78 is 18.5. The zero-order valence-electron chi connectivity index (χ0n) is 15.4. The van der Waals surface area contributed by atoms with Crippen LogP contribution in [0.3, 0.4) is 0 Å². The summed E-state index contributed by atoms with van der Waals surface area (Å²) in [7, 11) is 0. The summed E-state index contributed by atoms with van der Waals surface area (Å²) in [4.78, 5) is 25.8. The fourth-order valence-electron chi connectivity index (χ4n) is 2.78. The van der Waals surface area contributed by atoms with E-state index in [0.29, 0.717) is 21.8 Å². The summed E-state index contributed by atoms with van der Waals surface area (Å²) in [5.41, 5.74) is 2.19. The van der Waals surface area contributed by atoms with Gasteiger partial charge in [0, 0.05) is 16.1 Å². The van der Waals surface area contributed by atoms with Gasteiger partial charge in [-0.25, -0.2) is 14.0 Å². The number of aryl methyl sites for hydroxylation is 1. The number of hydrogen-bond donors (Lipinski definition) is 2. The first kappa shape index (κ1) is 19.6. The van der Waals surface area contributed by atoms with Crippen LogP contribution in [0.25, 0.3) is 11.1 Å². The first-order valence-corrected chi connectivity index (χ1v) is 9.50. The molecule has 28 heavy (non-hydrogen) atoms. The highest BCUT2D eigenvalue weighted by Gasteiger charge is 2.25. The van der Waals surface area contributed by atoms with Crippen molar-refractivity contribution in [2.75, 3.05) is 17.2 Å². The van der Waals surface area contributed by atoms with Gasteiger partial charge in [-0.3, -0.25) is 5.32 Å². The van der Waals surface area contributed by atoms with E-state index in [1.54, 1.807) is 31.2 Å². The first-order valence-electron chi connectivity index (χ1n) is 8.69. The number of halogens is 1. The number of amides is 2. The van der Waals surface area contributed by atoms with E-state index < -0.39 is 12.0 Å². The molecule has 1 aromatic heterocycles. The molecule has 7 heteroatoms. The molecule has 144 valence electrons. The number of para-hydroxylation sites is 1. The van der Waals surface area contributed by atoms with Gasteiger partial charge in [0.05, 0.1) is 6.61 Å². The fraction of sp³-hybridized carbons (Fsp3) is 0.143. The van der Waals surface area contributed by atoms with Gasteiger partial charge < -0.3 is 10.1 Å². The molecule has 1 heterocycles. The largest absolute Gasteiger partial charge is 0.462 e. The van der Waals surface area contributed by atoms with Crippen molar-refractivity contribution in [2.45, 2.75) is 13.8 Å². The number of benzene rings is 2. The maximum atomic E-state index is 13.3. The smallest absolute Gasteiger partial charge is 0.341 e. The van der Waals surface area contributed by atoms with Crippen LogP contribution in [0, 0.1) is 12.7 Å². The van der Waals surface area contributed by atoms with Gasteiger partial charge in [-0.1, -0.05) is 30.3 Å². The number of rotatable bonds is 5. The summed E-state index contributed by atoms with van der Waals surface area (Å²) in [6, 6.07) is 14.4. The van der Waals surface area contributed by atoms with Crippen LogP contribution in [0.15, 0.2) is 54.6 Å². The average molecular weight is 398 g/mol. The van der Waals surface area contributed by atoms with Crippen molar-refractivity contribution in [2.24, 2.45) is 0 Å². The molecule has 3 rings (SSSR count). The first-order chi connectivity index (χ1) is 13.5. The Bertz CT molecular complexity index is 985. The Hall–Kier alpha value is -3.19. The van der Waals surface area contributed by atoms with Crippen molar-refractivity contribution in [1.29, 1.82) is 0 Å². The number of nitrogens with one attached hydrogen (secondary N) is 2. The third kappa shape index (κ3) is 4.37. The Morgan fingerprint density at radius 1 is 1.04 bits per heavy atom. The molecule has 0 saturated heterocycles. The van der Waals surface area contributed by atoms with E-state index in [1.165, 1.54) is 23.5 Å². The van der Waals surface area contributed by atoms with E-state index in [-0.39, 0.29) is 18.0 Å². The Morgan fingerprint density at radius 3 is 2.36 bits per heavy atom. The fourth-order valence-corrected chi connectivity index (χ4v) is 3.84. The quantitative estimate of drug-likeness (QED) is 0.543. The van der Waals surface area contributed by atoms with Crippen molar-refractivity contribution in [1.82, 2.24) is 0 Å².